The van der Waals surface area contributed by atoms with E-state index in [1.165, 1.54) is 32.1 Å². The van der Waals surface area contributed by atoms with Crippen LogP contribution in [-0.2, 0) is 9.53 Å². The zero-order chi connectivity index (χ0) is 11.8. The van der Waals surface area contributed by atoms with Crippen LogP contribution in [-0.4, -0.2) is 26.2 Å². The minimum atomic E-state index is 0.176. The number of carbonyl (C=O) groups excluding carboxylic acids is 1. The number of ether oxygens (including phenoxy) is 1. The van der Waals surface area contributed by atoms with E-state index in [0.717, 1.165) is 5.92 Å². The maximum Gasteiger partial charge on any atom is 0.220 e. The number of hydrogen-bond donors (Lipinski definition) is 1. The van der Waals surface area contributed by atoms with Crippen LogP contribution >= 0.6 is 0 Å². The quantitative estimate of drug-likeness (QED) is 0.707. The topological polar surface area (TPSA) is 38.3 Å². The highest BCUT2D eigenvalue weighted by Gasteiger charge is 2.21. The van der Waals surface area contributed by atoms with Gasteiger partial charge in [-0.3, -0.25) is 4.79 Å². The molecule has 0 heterocycles. The molecule has 3 heteroatoms. The van der Waals surface area contributed by atoms with Crippen LogP contribution in [0.2, 0.25) is 0 Å². The smallest absolute Gasteiger partial charge is 0.220 e. The average molecular weight is 227 g/mol. The Morgan fingerprint density at radius 2 is 2.06 bits per heavy atom. The molecule has 0 aromatic carbocycles. The Labute approximate surface area is 98.9 Å². The van der Waals surface area contributed by atoms with E-state index in [1.807, 2.05) is 0 Å². The summed E-state index contributed by atoms with van der Waals surface area (Å²) in [5, 5.41) is 2.89. The molecule has 1 aliphatic carbocycles. The van der Waals surface area contributed by atoms with Gasteiger partial charge in [0.05, 0.1) is 6.61 Å². The molecule has 0 aliphatic heterocycles. The van der Waals surface area contributed by atoms with Gasteiger partial charge in [-0.2, -0.15) is 0 Å². The van der Waals surface area contributed by atoms with E-state index in [1.54, 1.807) is 7.11 Å². The normalized spacial score (nSPS) is 19.4. The maximum absolute atomic E-state index is 11.6. The molecule has 0 aromatic rings. The molecule has 1 fully saturated rings. The van der Waals surface area contributed by atoms with E-state index < -0.39 is 0 Å². The summed E-state index contributed by atoms with van der Waals surface area (Å²) in [6.45, 7) is 3.45. The van der Waals surface area contributed by atoms with Crippen molar-refractivity contribution in [2.24, 2.45) is 11.8 Å². The van der Waals surface area contributed by atoms with Crippen LogP contribution in [0.25, 0.3) is 0 Å². The molecule has 3 nitrogen and oxygen atoms in total. The third kappa shape index (κ3) is 4.97. The lowest BCUT2D eigenvalue weighted by Gasteiger charge is -2.27. The largest absolute Gasteiger partial charge is 0.383 e. The lowest BCUT2D eigenvalue weighted by Crippen LogP contribution is -2.30. The Hall–Kier alpha value is -0.570. The molecule has 0 bridgehead atoms. The Bertz CT molecular complexity index is 200. The second-order valence-electron chi connectivity index (χ2n) is 4.92. The third-order valence-electron chi connectivity index (χ3n) is 3.59. The number of hydrogen-bond acceptors (Lipinski definition) is 2. The van der Waals surface area contributed by atoms with Crippen molar-refractivity contribution in [1.82, 2.24) is 5.32 Å². The van der Waals surface area contributed by atoms with Crippen molar-refractivity contribution in [3.8, 4) is 0 Å². The van der Waals surface area contributed by atoms with E-state index in [4.69, 9.17) is 4.74 Å². The Balaban J connectivity index is 2.16. The molecule has 1 rings (SSSR count). The van der Waals surface area contributed by atoms with E-state index in [0.29, 0.717) is 25.5 Å². The molecule has 1 unspecified atom stereocenters. The van der Waals surface area contributed by atoms with Gasteiger partial charge in [-0.1, -0.05) is 39.0 Å². The van der Waals surface area contributed by atoms with Crippen molar-refractivity contribution in [2.75, 3.05) is 20.3 Å². The van der Waals surface area contributed by atoms with Gasteiger partial charge < -0.3 is 10.1 Å². The minimum absolute atomic E-state index is 0.176. The monoisotopic (exact) mass is 227 g/mol. The first kappa shape index (κ1) is 13.5. The standard InChI is InChI=1S/C13H25NO2/c1-11(12-6-4-3-5-7-12)10-13(15)14-8-9-16-2/h11-12H,3-10H2,1-2H3,(H,14,15). The summed E-state index contributed by atoms with van der Waals surface area (Å²) < 4.78 is 4.90. The van der Waals surface area contributed by atoms with Crippen molar-refractivity contribution < 1.29 is 9.53 Å². The molecule has 1 aliphatic rings. The SMILES string of the molecule is COCCNC(=O)CC(C)C1CCCCC1. The van der Waals surface area contributed by atoms with Crippen LogP contribution in [0.3, 0.4) is 0 Å². The zero-order valence-corrected chi connectivity index (χ0v) is 10.6. The summed E-state index contributed by atoms with van der Waals surface area (Å²) in [4.78, 5) is 11.6. The van der Waals surface area contributed by atoms with Crippen molar-refractivity contribution in [1.29, 1.82) is 0 Å². The summed E-state index contributed by atoms with van der Waals surface area (Å²) in [6, 6.07) is 0. The van der Waals surface area contributed by atoms with Crippen LogP contribution in [0.1, 0.15) is 45.4 Å². The van der Waals surface area contributed by atoms with Crippen molar-refractivity contribution in [3.63, 3.8) is 0 Å². The summed E-state index contributed by atoms with van der Waals surface area (Å²) in [7, 11) is 1.65. The summed E-state index contributed by atoms with van der Waals surface area (Å²) in [5.74, 6) is 1.47. The number of methoxy groups -OCH3 is 1. The van der Waals surface area contributed by atoms with Gasteiger partial charge in [-0.15, -0.1) is 0 Å². The molecule has 1 N–H and O–H groups in total. The number of rotatable bonds is 6. The molecular weight excluding hydrogens is 202 g/mol. The Morgan fingerprint density at radius 3 is 2.69 bits per heavy atom. The van der Waals surface area contributed by atoms with Crippen LogP contribution < -0.4 is 5.32 Å². The number of carbonyl (C=O) groups is 1. The molecule has 0 spiro atoms. The summed E-state index contributed by atoms with van der Waals surface area (Å²) in [5.41, 5.74) is 0. The van der Waals surface area contributed by atoms with Gasteiger partial charge in [-0.25, -0.2) is 0 Å². The molecule has 0 saturated heterocycles. The van der Waals surface area contributed by atoms with Crippen LogP contribution in [0.5, 0.6) is 0 Å². The van der Waals surface area contributed by atoms with Gasteiger partial charge >= 0.3 is 0 Å². The lowest BCUT2D eigenvalue weighted by molar-refractivity contribution is -0.122. The zero-order valence-electron chi connectivity index (χ0n) is 10.6. The summed E-state index contributed by atoms with van der Waals surface area (Å²) >= 11 is 0. The van der Waals surface area contributed by atoms with Gasteiger partial charge in [0.25, 0.3) is 0 Å². The van der Waals surface area contributed by atoms with E-state index in [2.05, 4.69) is 12.2 Å². The van der Waals surface area contributed by atoms with Gasteiger partial charge in [-0.05, 0) is 11.8 Å². The Kier molecular flexibility index (Phi) is 6.46. The predicted octanol–water partition coefficient (Wildman–Crippen LogP) is 2.36. The fourth-order valence-electron chi connectivity index (χ4n) is 2.53. The summed E-state index contributed by atoms with van der Waals surface area (Å²) in [6.07, 6.45) is 7.37. The van der Waals surface area contributed by atoms with E-state index in [9.17, 15) is 4.79 Å². The molecule has 94 valence electrons. The van der Waals surface area contributed by atoms with E-state index >= 15 is 0 Å². The fraction of sp³-hybridized carbons (Fsp3) is 0.923. The second kappa shape index (κ2) is 7.66. The van der Waals surface area contributed by atoms with Crippen molar-refractivity contribution >= 4 is 5.91 Å². The van der Waals surface area contributed by atoms with Gasteiger partial charge in [0, 0.05) is 20.1 Å². The number of amides is 1. The molecule has 1 atom stereocenters. The van der Waals surface area contributed by atoms with Crippen LogP contribution in [0.15, 0.2) is 0 Å². The molecular formula is C13H25NO2. The highest BCUT2D eigenvalue weighted by atomic mass is 16.5. The van der Waals surface area contributed by atoms with Crippen molar-refractivity contribution in [2.45, 2.75) is 45.4 Å². The first-order chi connectivity index (χ1) is 7.74. The van der Waals surface area contributed by atoms with Gasteiger partial charge in [0.2, 0.25) is 5.91 Å². The molecule has 0 aromatic heterocycles. The van der Waals surface area contributed by atoms with Crippen LogP contribution in [0, 0.1) is 11.8 Å². The van der Waals surface area contributed by atoms with Crippen molar-refractivity contribution in [3.05, 3.63) is 0 Å². The first-order valence-corrected chi connectivity index (χ1v) is 6.49. The molecule has 1 amide bonds. The highest BCUT2D eigenvalue weighted by Crippen LogP contribution is 2.31. The molecule has 16 heavy (non-hydrogen) atoms. The minimum Gasteiger partial charge on any atom is -0.383 e. The van der Waals surface area contributed by atoms with E-state index in [-0.39, 0.29) is 5.91 Å². The van der Waals surface area contributed by atoms with Gasteiger partial charge in [0.15, 0.2) is 0 Å². The third-order valence-corrected chi connectivity index (χ3v) is 3.59. The molecule has 1 saturated carbocycles. The lowest BCUT2D eigenvalue weighted by atomic mass is 9.79. The molecule has 0 radical (unpaired) electrons. The van der Waals surface area contributed by atoms with Crippen LogP contribution in [0.4, 0.5) is 0 Å². The highest BCUT2D eigenvalue weighted by molar-refractivity contribution is 5.76. The maximum atomic E-state index is 11.6. The average Bonchev–Trinajstić information content (AvgIpc) is 2.30. The first-order valence-electron chi connectivity index (χ1n) is 6.49. The second-order valence-corrected chi connectivity index (χ2v) is 4.92. The fourth-order valence-corrected chi connectivity index (χ4v) is 2.53. The predicted molar refractivity (Wildman–Crippen MR) is 65.2 cm³/mol. The Morgan fingerprint density at radius 1 is 1.38 bits per heavy atom. The number of nitrogens with one attached hydrogen (secondary N) is 1. The van der Waals surface area contributed by atoms with Gasteiger partial charge in [0.1, 0.15) is 0 Å².